The summed E-state index contributed by atoms with van der Waals surface area (Å²) in [6.45, 7) is 5.68. The molecule has 0 aliphatic carbocycles. The van der Waals surface area contributed by atoms with Gasteiger partial charge in [-0.15, -0.1) is 0 Å². The fraction of sp³-hybridized carbons (Fsp3) is 0.318. The van der Waals surface area contributed by atoms with Crippen LogP contribution in [0.1, 0.15) is 31.0 Å². The number of aromatic nitrogens is 1. The Morgan fingerprint density at radius 3 is 2.10 bits per heavy atom. The average molecular weight is 447 g/mol. The van der Waals surface area contributed by atoms with Gasteiger partial charge >= 0.3 is 0 Å². The maximum absolute atomic E-state index is 13.4. The molecule has 1 N–H and O–H groups in total. The number of anilines is 1. The van der Waals surface area contributed by atoms with Crippen LogP contribution >= 0.6 is 0 Å². The molecule has 3 aromatic rings. The number of nitrogens with zero attached hydrogens (tertiary/aromatic N) is 1. The van der Waals surface area contributed by atoms with Crippen LogP contribution in [0, 0.1) is 6.92 Å². The van der Waals surface area contributed by atoms with E-state index in [1.165, 1.54) is 33.5 Å². The summed E-state index contributed by atoms with van der Waals surface area (Å²) in [4.78, 5) is 0.155. The normalized spacial score (nSPS) is 11.5. The zero-order valence-electron chi connectivity index (χ0n) is 18.3. The van der Waals surface area contributed by atoms with E-state index in [1.54, 1.807) is 25.1 Å². The van der Waals surface area contributed by atoms with Crippen LogP contribution in [0.5, 0.6) is 17.2 Å². The van der Waals surface area contributed by atoms with Gasteiger partial charge in [-0.3, -0.25) is 4.72 Å². The predicted octanol–water partition coefficient (Wildman–Crippen LogP) is 4.60. The first-order valence-corrected chi connectivity index (χ1v) is 11.1. The molecule has 0 aliphatic heterocycles. The van der Waals surface area contributed by atoms with Crippen molar-refractivity contribution in [2.45, 2.75) is 31.6 Å². The van der Waals surface area contributed by atoms with Gasteiger partial charge in [0.15, 0.2) is 17.3 Å². The van der Waals surface area contributed by atoms with E-state index < -0.39 is 10.0 Å². The van der Waals surface area contributed by atoms with E-state index in [1.807, 2.05) is 19.9 Å². The molecule has 1 heterocycles. The molecule has 0 spiro atoms. The van der Waals surface area contributed by atoms with Crippen molar-refractivity contribution in [3.63, 3.8) is 0 Å². The lowest BCUT2D eigenvalue weighted by Gasteiger charge is -2.18. The van der Waals surface area contributed by atoms with E-state index in [0.29, 0.717) is 39.8 Å². The van der Waals surface area contributed by atoms with Gasteiger partial charge in [0.25, 0.3) is 10.0 Å². The van der Waals surface area contributed by atoms with Gasteiger partial charge in [-0.05, 0) is 24.5 Å². The highest BCUT2D eigenvalue weighted by Gasteiger charge is 2.24. The lowest BCUT2D eigenvalue weighted by molar-refractivity contribution is 0.325. The van der Waals surface area contributed by atoms with Crippen molar-refractivity contribution in [3.05, 3.63) is 47.7 Å². The first kappa shape index (κ1) is 22.5. The molecule has 0 saturated heterocycles. The number of sulfonamides is 1. The summed E-state index contributed by atoms with van der Waals surface area (Å²) in [5, 5.41) is 3.88. The zero-order chi connectivity index (χ0) is 22.8. The molecule has 0 unspecified atom stereocenters. The molecule has 3 rings (SSSR count). The van der Waals surface area contributed by atoms with Gasteiger partial charge < -0.3 is 18.7 Å². The van der Waals surface area contributed by atoms with Gasteiger partial charge in [-0.25, -0.2) is 8.42 Å². The lowest BCUT2D eigenvalue weighted by atomic mass is 10.0. The van der Waals surface area contributed by atoms with Crippen LogP contribution in [-0.2, 0) is 10.0 Å². The second kappa shape index (κ2) is 8.89. The van der Waals surface area contributed by atoms with Crippen LogP contribution in [0.2, 0.25) is 0 Å². The molecule has 0 bridgehead atoms. The number of rotatable bonds is 8. The Labute approximate surface area is 182 Å². The molecule has 1 aromatic heterocycles. The van der Waals surface area contributed by atoms with Gasteiger partial charge in [-0.1, -0.05) is 31.1 Å². The Morgan fingerprint density at radius 1 is 0.968 bits per heavy atom. The molecule has 0 atom stereocenters. The van der Waals surface area contributed by atoms with E-state index >= 15 is 0 Å². The third-order valence-corrected chi connectivity index (χ3v) is 6.19. The molecular formula is C22H26N2O6S. The molecule has 31 heavy (non-hydrogen) atoms. The number of hydrogen-bond acceptors (Lipinski definition) is 7. The number of nitrogens with one attached hydrogen (secondary N) is 1. The van der Waals surface area contributed by atoms with E-state index in [-0.39, 0.29) is 16.5 Å². The molecule has 166 valence electrons. The molecule has 0 amide bonds. The smallest absolute Gasteiger partial charge is 0.262 e. The Balaban J connectivity index is 2.09. The van der Waals surface area contributed by atoms with Gasteiger partial charge in [0.05, 0.1) is 37.6 Å². The summed E-state index contributed by atoms with van der Waals surface area (Å²) in [7, 11) is 0.471. The summed E-state index contributed by atoms with van der Waals surface area (Å²) in [5.41, 5.74) is 2.29. The standard InChI is InChI=1S/C22H26N2O6S/c1-13(2)17-8-7-15(18-9-14(3)23-30-18)10-21(17)31(25,26)24-16-11-19(27-4)22(29-6)20(12-16)28-5/h7-13,24H,1-6H3. The first-order valence-electron chi connectivity index (χ1n) is 9.60. The molecule has 0 aliphatic rings. The fourth-order valence-electron chi connectivity index (χ4n) is 3.25. The minimum Gasteiger partial charge on any atom is -0.493 e. The molecule has 0 fully saturated rings. The van der Waals surface area contributed by atoms with E-state index in [4.69, 9.17) is 18.7 Å². The highest BCUT2D eigenvalue weighted by molar-refractivity contribution is 7.92. The highest BCUT2D eigenvalue weighted by atomic mass is 32.2. The number of benzene rings is 2. The number of ether oxygens (including phenoxy) is 3. The topological polar surface area (TPSA) is 99.9 Å². The largest absolute Gasteiger partial charge is 0.493 e. The summed E-state index contributed by atoms with van der Waals surface area (Å²) >= 11 is 0. The lowest BCUT2D eigenvalue weighted by Crippen LogP contribution is -2.16. The Hall–Kier alpha value is -3.20. The number of methoxy groups -OCH3 is 3. The zero-order valence-corrected chi connectivity index (χ0v) is 19.2. The number of hydrogen-bond donors (Lipinski definition) is 1. The maximum atomic E-state index is 13.4. The van der Waals surface area contributed by atoms with Crippen LogP contribution in [0.4, 0.5) is 5.69 Å². The van der Waals surface area contributed by atoms with Gasteiger partial charge in [0.2, 0.25) is 5.75 Å². The van der Waals surface area contributed by atoms with E-state index in [0.717, 1.165) is 0 Å². The summed E-state index contributed by atoms with van der Waals surface area (Å²) in [6, 6.07) is 10.0. The molecular weight excluding hydrogens is 420 g/mol. The minimum absolute atomic E-state index is 0.0166. The SMILES string of the molecule is COc1cc(NS(=O)(=O)c2cc(-c3cc(C)no3)ccc2C(C)C)cc(OC)c1OC. The Kier molecular flexibility index (Phi) is 6.45. The molecule has 0 radical (unpaired) electrons. The second-order valence-corrected chi connectivity index (χ2v) is 8.91. The van der Waals surface area contributed by atoms with Gasteiger partial charge in [0, 0.05) is 23.8 Å². The van der Waals surface area contributed by atoms with Crippen molar-refractivity contribution in [2.75, 3.05) is 26.1 Å². The Morgan fingerprint density at radius 2 is 1.61 bits per heavy atom. The van der Waals surface area contributed by atoms with Crippen molar-refractivity contribution in [1.29, 1.82) is 0 Å². The third kappa shape index (κ3) is 4.61. The third-order valence-electron chi connectivity index (χ3n) is 4.75. The van der Waals surface area contributed by atoms with E-state index in [2.05, 4.69) is 9.88 Å². The monoisotopic (exact) mass is 446 g/mol. The summed E-state index contributed by atoms with van der Waals surface area (Å²) in [5.74, 6) is 1.54. The van der Waals surface area contributed by atoms with Crippen molar-refractivity contribution < 1.29 is 27.2 Å². The predicted molar refractivity (Wildman–Crippen MR) is 118 cm³/mol. The van der Waals surface area contributed by atoms with Crippen LogP contribution in [0.3, 0.4) is 0 Å². The average Bonchev–Trinajstić information content (AvgIpc) is 3.18. The molecule has 0 saturated carbocycles. The summed E-state index contributed by atoms with van der Waals surface area (Å²) in [6.07, 6.45) is 0. The van der Waals surface area contributed by atoms with Crippen LogP contribution in [0.15, 0.2) is 45.8 Å². The first-order chi connectivity index (χ1) is 14.7. The quantitative estimate of drug-likeness (QED) is 0.540. The van der Waals surface area contributed by atoms with Crippen molar-refractivity contribution in [2.24, 2.45) is 0 Å². The molecule has 8 nitrogen and oxygen atoms in total. The van der Waals surface area contributed by atoms with E-state index in [9.17, 15) is 8.42 Å². The Bertz CT molecular complexity index is 1160. The van der Waals surface area contributed by atoms with Crippen molar-refractivity contribution in [3.8, 4) is 28.6 Å². The van der Waals surface area contributed by atoms with Crippen molar-refractivity contribution in [1.82, 2.24) is 5.16 Å². The molecule has 9 heteroatoms. The minimum atomic E-state index is -3.95. The van der Waals surface area contributed by atoms with Crippen LogP contribution < -0.4 is 18.9 Å². The maximum Gasteiger partial charge on any atom is 0.262 e. The number of aryl methyl sites for hydroxylation is 1. The van der Waals surface area contributed by atoms with Crippen LogP contribution in [0.25, 0.3) is 11.3 Å². The van der Waals surface area contributed by atoms with Crippen molar-refractivity contribution >= 4 is 15.7 Å². The van der Waals surface area contributed by atoms with Gasteiger partial charge in [-0.2, -0.15) is 0 Å². The van der Waals surface area contributed by atoms with Gasteiger partial charge in [0.1, 0.15) is 0 Å². The van der Waals surface area contributed by atoms with Crippen LogP contribution in [-0.4, -0.2) is 34.9 Å². The summed E-state index contributed by atoms with van der Waals surface area (Å²) < 4.78 is 50.7. The fourth-order valence-corrected chi connectivity index (χ4v) is 4.68. The highest BCUT2D eigenvalue weighted by Crippen LogP contribution is 2.41. The molecule has 2 aromatic carbocycles. The second-order valence-electron chi connectivity index (χ2n) is 7.26.